The highest BCUT2D eigenvalue weighted by atomic mass is 16.5. The summed E-state index contributed by atoms with van der Waals surface area (Å²) in [5.41, 5.74) is 1.30. The van der Waals surface area contributed by atoms with Crippen molar-refractivity contribution in [3.05, 3.63) is 35.9 Å². The molecule has 0 spiro atoms. The van der Waals surface area contributed by atoms with E-state index in [-0.39, 0.29) is 24.3 Å². The van der Waals surface area contributed by atoms with Crippen molar-refractivity contribution < 1.29 is 14.3 Å². The van der Waals surface area contributed by atoms with E-state index in [0.717, 1.165) is 32.5 Å². The topological polar surface area (TPSA) is 61.9 Å². The van der Waals surface area contributed by atoms with E-state index in [0.29, 0.717) is 26.3 Å². The van der Waals surface area contributed by atoms with Crippen LogP contribution in [0.25, 0.3) is 0 Å². The first-order valence-corrected chi connectivity index (χ1v) is 9.15. The lowest BCUT2D eigenvalue weighted by molar-refractivity contribution is -0.142. The van der Waals surface area contributed by atoms with Crippen molar-refractivity contribution in [2.75, 3.05) is 45.9 Å². The van der Waals surface area contributed by atoms with Gasteiger partial charge in [-0.15, -0.1) is 0 Å². The molecule has 1 unspecified atom stereocenters. The first kappa shape index (κ1) is 17.9. The number of carbonyl (C=O) groups is 2. The van der Waals surface area contributed by atoms with Gasteiger partial charge >= 0.3 is 0 Å². The number of amides is 2. The van der Waals surface area contributed by atoms with Gasteiger partial charge in [-0.2, -0.15) is 0 Å². The number of morpholine rings is 1. The van der Waals surface area contributed by atoms with Gasteiger partial charge in [0.05, 0.1) is 25.7 Å². The maximum absolute atomic E-state index is 12.7. The standard InChI is InChI=1S/C19H27N3O3/c23-18(21-11-13-25-14-12-21)15-17-19(24)22(10-8-20-17)9-4-7-16-5-2-1-3-6-16/h1-3,5-6,17,20H,4,7-15H2. The van der Waals surface area contributed by atoms with Crippen molar-refractivity contribution in [3.8, 4) is 0 Å². The molecule has 25 heavy (non-hydrogen) atoms. The number of nitrogens with zero attached hydrogens (tertiary/aromatic N) is 2. The number of piperazine rings is 1. The van der Waals surface area contributed by atoms with E-state index in [9.17, 15) is 9.59 Å². The molecule has 1 aromatic rings. The second-order valence-corrected chi connectivity index (χ2v) is 6.62. The van der Waals surface area contributed by atoms with Gasteiger partial charge in [-0.1, -0.05) is 30.3 Å². The summed E-state index contributed by atoms with van der Waals surface area (Å²) in [6, 6.07) is 9.93. The van der Waals surface area contributed by atoms with Gasteiger partial charge in [-0.05, 0) is 18.4 Å². The van der Waals surface area contributed by atoms with Crippen LogP contribution in [0.3, 0.4) is 0 Å². The van der Waals surface area contributed by atoms with Crippen LogP contribution in [-0.4, -0.2) is 73.6 Å². The Kier molecular flexibility index (Phi) is 6.42. The largest absolute Gasteiger partial charge is 0.378 e. The van der Waals surface area contributed by atoms with Crippen LogP contribution >= 0.6 is 0 Å². The first-order chi connectivity index (χ1) is 12.2. The predicted molar refractivity (Wildman–Crippen MR) is 95.1 cm³/mol. The fraction of sp³-hybridized carbons (Fsp3) is 0.579. The molecule has 1 atom stereocenters. The lowest BCUT2D eigenvalue weighted by Gasteiger charge is -2.34. The third kappa shape index (κ3) is 5.03. The third-order valence-electron chi connectivity index (χ3n) is 4.86. The van der Waals surface area contributed by atoms with Gasteiger partial charge in [0.15, 0.2) is 0 Å². The summed E-state index contributed by atoms with van der Waals surface area (Å²) in [7, 11) is 0. The third-order valence-corrected chi connectivity index (χ3v) is 4.86. The molecule has 3 rings (SSSR count). The Morgan fingerprint density at radius 1 is 1.16 bits per heavy atom. The highest BCUT2D eigenvalue weighted by Gasteiger charge is 2.31. The summed E-state index contributed by atoms with van der Waals surface area (Å²) in [5, 5.41) is 3.21. The number of ether oxygens (including phenoxy) is 1. The van der Waals surface area contributed by atoms with E-state index in [1.54, 1.807) is 4.90 Å². The molecule has 0 aromatic heterocycles. The molecule has 0 radical (unpaired) electrons. The minimum Gasteiger partial charge on any atom is -0.378 e. The van der Waals surface area contributed by atoms with E-state index in [1.807, 2.05) is 23.1 Å². The Morgan fingerprint density at radius 2 is 1.92 bits per heavy atom. The Hall–Kier alpha value is -1.92. The quantitative estimate of drug-likeness (QED) is 0.823. The van der Waals surface area contributed by atoms with E-state index in [4.69, 9.17) is 4.74 Å². The van der Waals surface area contributed by atoms with Crippen molar-refractivity contribution in [2.45, 2.75) is 25.3 Å². The highest BCUT2D eigenvalue weighted by molar-refractivity contribution is 5.89. The zero-order valence-electron chi connectivity index (χ0n) is 14.7. The molecule has 0 bridgehead atoms. The molecule has 2 fully saturated rings. The van der Waals surface area contributed by atoms with Gasteiger partial charge in [0.2, 0.25) is 11.8 Å². The highest BCUT2D eigenvalue weighted by Crippen LogP contribution is 2.11. The number of rotatable bonds is 6. The van der Waals surface area contributed by atoms with Gasteiger partial charge in [0, 0.05) is 32.7 Å². The zero-order chi connectivity index (χ0) is 17.5. The smallest absolute Gasteiger partial charge is 0.240 e. The summed E-state index contributed by atoms with van der Waals surface area (Å²) >= 11 is 0. The Balaban J connectivity index is 1.46. The molecule has 2 heterocycles. The summed E-state index contributed by atoms with van der Waals surface area (Å²) < 4.78 is 5.27. The monoisotopic (exact) mass is 345 g/mol. The number of hydrogen-bond acceptors (Lipinski definition) is 4. The summed E-state index contributed by atoms with van der Waals surface area (Å²) in [6.07, 6.45) is 2.16. The SMILES string of the molecule is O=C(CC1NCCN(CCCc2ccccc2)C1=O)N1CCOCC1. The second kappa shape index (κ2) is 8.97. The van der Waals surface area contributed by atoms with Crippen molar-refractivity contribution >= 4 is 11.8 Å². The molecule has 136 valence electrons. The lowest BCUT2D eigenvalue weighted by atomic mass is 10.1. The second-order valence-electron chi connectivity index (χ2n) is 6.62. The maximum atomic E-state index is 12.7. The Labute approximate surface area is 149 Å². The van der Waals surface area contributed by atoms with E-state index < -0.39 is 0 Å². The van der Waals surface area contributed by atoms with Crippen LogP contribution in [0.2, 0.25) is 0 Å². The molecule has 2 saturated heterocycles. The molecule has 6 heteroatoms. The van der Waals surface area contributed by atoms with Crippen molar-refractivity contribution in [1.29, 1.82) is 0 Å². The summed E-state index contributed by atoms with van der Waals surface area (Å²) in [5.74, 6) is 0.0983. The van der Waals surface area contributed by atoms with Gasteiger partial charge in [-0.3, -0.25) is 9.59 Å². The van der Waals surface area contributed by atoms with Crippen LogP contribution < -0.4 is 5.32 Å². The average Bonchev–Trinajstić information content (AvgIpc) is 2.66. The molecular formula is C19H27N3O3. The number of nitrogens with one attached hydrogen (secondary N) is 1. The van der Waals surface area contributed by atoms with Gasteiger partial charge in [0.25, 0.3) is 0 Å². The maximum Gasteiger partial charge on any atom is 0.240 e. The molecule has 2 amide bonds. The van der Waals surface area contributed by atoms with Crippen molar-refractivity contribution in [2.24, 2.45) is 0 Å². The van der Waals surface area contributed by atoms with Crippen LogP contribution in [0.4, 0.5) is 0 Å². The molecule has 2 aliphatic heterocycles. The molecular weight excluding hydrogens is 318 g/mol. The molecule has 0 saturated carbocycles. The lowest BCUT2D eigenvalue weighted by Crippen LogP contribution is -2.57. The molecule has 0 aliphatic carbocycles. The molecule has 1 aromatic carbocycles. The molecule has 6 nitrogen and oxygen atoms in total. The van der Waals surface area contributed by atoms with Crippen LogP contribution in [-0.2, 0) is 20.7 Å². The molecule has 2 aliphatic rings. The number of aryl methyl sites for hydroxylation is 1. The average molecular weight is 345 g/mol. The van der Waals surface area contributed by atoms with Crippen LogP contribution in [0.5, 0.6) is 0 Å². The number of carbonyl (C=O) groups excluding carboxylic acids is 2. The van der Waals surface area contributed by atoms with E-state index in [1.165, 1.54) is 5.56 Å². The van der Waals surface area contributed by atoms with Crippen LogP contribution in [0, 0.1) is 0 Å². The normalized spacial score (nSPS) is 21.4. The van der Waals surface area contributed by atoms with Gasteiger partial charge < -0.3 is 19.9 Å². The first-order valence-electron chi connectivity index (χ1n) is 9.15. The fourth-order valence-electron chi connectivity index (χ4n) is 3.41. The zero-order valence-corrected chi connectivity index (χ0v) is 14.7. The number of hydrogen-bond donors (Lipinski definition) is 1. The van der Waals surface area contributed by atoms with Gasteiger partial charge in [0.1, 0.15) is 0 Å². The predicted octanol–water partition coefficient (Wildman–Crippen LogP) is 0.669. The molecule has 1 N–H and O–H groups in total. The summed E-state index contributed by atoms with van der Waals surface area (Å²) in [6.45, 7) is 4.64. The minimum atomic E-state index is -0.388. The van der Waals surface area contributed by atoms with E-state index in [2.05, 4.69) is 17.4 Å². The van der Waals surface area contributed by atoms with Gasteiger partial charge in [-0.25, -0.2) is 0 Å². The Bertz CT molecular complexity index is 573. The number of benzene rings is 1. The van der Waals surface area contributed by atoms with Crippen molar-refractivity contribution in [1.82, 2.24) is 15.1 Å². The summed E-state index contributed by atoms with van der Waals surface area (Å²) in [4.78, 5) is 28.7. The van der Waals surface area contributed by atoms with Crippen molar-refractivity contribution in [3.63, 3.8) is 0 Å². The Morgan fingerprint density at radius 3 is 2.68 bits per heavy atom. The minimum absolute atomic E-state index is 0.0419. The van der Waals surface area contributed by atoms with Crippen LogP contribution in [0.15, 0.2) is 30.3 Å². The fourth-order valence-corrected chi connectivity index (χ4v) is 3.41. The van der Waals surface area contributed by atoms with E-state index >= 15 is 0 Å². The van der Waals surface area contributed by atoms with Crippen LogP contribution in [0.1, 0.15) is 18.4 Å².